The highest BCUT2D eigenvalue weighted by Gasteiger charge is 2.62. The lowest BCUT2D eigenvalue weighted by Gasteiger charge is -2.27. The van der Waals surface area contributed by atoms with E-state index in [4.69, 9.17) is 19.9 Å². The second-order valence-electron chi connectivity index (χ2n) is 15.4. The number of nitrogens with one attached hydrogen (secondary N) is 1. The van der Waals surface area contributed by atoms with Crippen LogP contribution in [0.25, 0.3) is 10.9 Å². The number of nitrogens with two attached hydrogens (primary N) is 1. The van der Waals surface area contributed by atoms with Crippen LogP contribution >= 0.6 is 7.37 Å². The smallest absolute Gasteiger partial charge is 0.408 e. The van der Waals surface area contributed by atoms with Crippen LogP contribution < -0.4 is 20.5 Å². The molecule has 4 N–H and O–H groups in total. The minimum Gasteiger partial charge on any atom is -0.496 e. The van der Waals surface area contributed by atoms with Crippen molar-refractivity contribution in [1.82, 2.24) is 20.2 Å². The summed E-state index contributed by atoms with van der Waals surface area (Å²) in [6.45, 7) is 2.01. The molecule has 0 spiro atoms. The summed E-state index contributed by atoms with van der Waals surface area (Å²) in [6.07, 6.45) is 8.86. The molecule has 6 atom stereocenters. The van der Waals surface area contributed by atoms with Gasteiger partial charge in [-0.25, -0.2) is 23.5 Å². The third-order valence-electron chi connectivity index (χ3n) is 11.6. The molecule has 1 aromatic heterocycles. The van der Waals surface area contributed by atoms with Crippen molar-refractivity contribution in [2.24, 2.45) is 11.7 Å². The van der Waals surface area contributed by atoms with Gasteiger partial charge in [0.05, 0.1) is 42.0 Å². The third-order valence-corrected chi connectivity index (χ3v) is 14.2. The summed E-state index contributed by atoms with van der Waals surface area (Å²) < 4.78 is 58.8. The molecule has 2 amide bonds. The minimum absolute atomic E-state index is 0.124. The molecule has 0 bridgehead atoms. The maximum atomic E-state index is 14.2. The standard InChI is InChI=1S/C40H52F2N5O8P/c1-25-35(53-2)18-17-30-36(25)44-24-45-37(30)54-29-19-27(22-48)47(21-29)38(49)34(46-39(50)55-28-12-8-9-13-28)16-7-5-3-4-6-11-26-20-40(26,43)56(51,52)23-31-32(41)14-10-15-33(31)42/h10,14-15,17-18,22,24,26-29,34H,3-9,11-13,16,19-21,23,43H2,1-2H3,(H,46,50)(H,51,52)/t26-,27+,29?,34+,40+/m1/s1. The number of amides is 2. The molecule has 2 aromatic carbocycles. The van der Waals surface area contributed by atoms with Crippen LogP contribution in [-0.4, -0.2) is 81.3 Å². The van der Waals surface area contributed by atoms with E-state index in [1.807, 2.05) is 19.1 Å². The Morgan fingerprint density at radius 1 is 1.09 bits per heavy atom. The summed E-state index contributed by atoms with van der Waals surface area (Å²) in [5.41, 5.74) is 7.39. The Balaban J connectivity index is 1.01. The lowest BCUT2D eigenvalue weighted by molar-refractivity contribution is -0.136. The van der Waals surface area contributed by atoms with E-state index >= 15 is 0 Å². The maximum Gasteiger partial charge on any atom is 0.408 e. The van der Waals surface area contributed by atoms with Crippen molar-refractivity contribution in [3.63, 3.8) is 0 Å². The predicted molar refractivity (Wildman–Crippen MR) is 204 cm³/mol. The Labute approximate surface area is 325 Å². The van der Waals surface area contributed by atoms with E-state index in [0.29, 0.717) is 48.2 Å². The van der Waals surface area contributed by atoms with Crippen LogP contribution in [0.3, 0.4) is 0 Å². The van der Waals surface area contributed by atoms with Gasteiger partial charge in [0.2, 0.25) is 19.2 Å². The molecule has 1 saturated heterocycles. The van der Waals surface area contributed by atoms with E-state index in [2.05, 4.69) is 15.3 Å². The molecule has 2 unspecified atom stereocenters. The number of halogens is 2. The van der Waals surface area contributed by atoms with Gasteiger partial charge in [-0.2, -0.15) is 0 Å². The molecule has 56 heavy (non-hydrogen) atoms. The molecule has 304 valence electrons. The summed E-state index contributed by atoms with van der Waals surface area (Å²) in [6, 6.07) is 5.28. The molecule has 3 aliphatic rings. The number of likely N-dealkylation sites (tertiary alicyclic amines) is 1. The van der Waals surface area contributed by atoms with Crippen molar-refractivity contribution in [1.29, 1.82) is 0 Å². The van der Waals surface area contributed by atoms with Gasteiger partial charge in [-0.05, 0) is 82.1 Å². The van der Waals surface area contributed by atoms with E-state index in [1.165, 1.54) is 17.3 Å². The summed E-state index contributed by atoms with van der Waals surface area (Å²) in [5, 5.41) is 2.11. The van der Waals surface area contributed by atoms with Gasteiger partial charge in [0.15, 0.2) is 0 Å². The fourth-order valence-corrected chi connectivity index (χ4v) is 10.4. The van der Waals surface area contributed by atoms with Crippen molar-refractivity contribution in [2.75, 3.05) is 13.7 Å². The molecule has 3 aromatic rings. The van der Waals surface area contributed by atoms with Crippen LogP contribution in [0.2, 0.25) is 0 Å². The normalized spacial score (nSPS) is 23.8. The van der Waals surface area contributed by atoms with Crippen molar-refractivity contribution < 1.29 is 46.8 Å². The van der Waals surface area contributed by atoms with Crippen LogP contribution in [0.15, 0.2) is 36.7 Å². The van der Waals surface area contributed by atoms with Crippen molar-refractivity contribution in [3.05, 3.63) is 59.4 Å². The number of hydrogen-bond acceptors (Lipinski definition) is 10. The van der Waals surface area contributed by atoms with Crippen LogP contribution in [0.4, 0.5) is 13.6 Å². The van der Waals surface area contributed by atoms with Crippen LogP contribution in [0.1, 0.15) is 94.6 Å². The number of ether oxygens (including phenoxy) is 3. The summed E-state index contributed by atoms with van der Waals surface area (Å²) in [4.78, 5) is 60.2. The van der Waals surface area contributed by atoms with Gasteiger partial charge in [0, 0.05) is 17.5 Å². The highest BCUT2D eigenvalue weighted by Crippen LogP contribution is 2.70. The zero-order valence-electron chi connectivity index (χ0n) is 32.0. The average molecular weight is 800 g/mol. The van der Waals surface area contributed by atoms with Gasteiger partial charge >= 0.3 is 6.09 Å². The van der Waals surface area contributed by atoms with Crippen molar-refractivity contribution in [3.8, 4) is 11.6 Å². The van der Waals surface area contributed by atoms with E-state index < -0.39 is 60.3 Å². The third kappa shape index (κ3) is 9.32. The molecule has 1 aliphatic heterocycles. The Kier molecular flexibility index (Phi) is 13.3. The first-order chi connectivity index (χ1) is 26.8. The quantitative estimate of drug-likeness (QED) is 0.0709. The van der Waals surface area contributed by atoms with Crippen molar-refractivity contribution in [2.45, 2.75) is 126 Å². The Hall–Kier alpha value is -4.20. The number of nitrogens with zero attached hydrogens (tertiary/aromatic N) is 3. The van der Waals surface area contributed by atoms with Crippen LogP contribution in [0, 0.1) is 24.5 Å². The number of carbonyl (C=O) groups excluding carboxylic acids is 3. The SMILES string of the molecule is COc1ccc2c(OC3C[C@@H](C=O)N(C(=O)[C@H](CCCCCCC[C@@H]4C[C@]4(N)P(=O)(O)Cc4c(F)cccc4F)NC(=O)OC4CCCC4)C3)ncnc2c1C. The number of methoxy groups -OCH3 is 1. The fraction of sp³-hybridized carbons (Fsp3) is 0.575. The number of aldehydes is 1. The first kappa shape index (κ1) is 41.4. The monoisotopic (exact) mass is 799 g/mol. The van der Waals surface area contributed by atoms with E-state index in [1.54, 1.807) is 7.11 Å². The van der Waals surface area contributed by atoms with E-state index in [-0.39, 0.29) is 30.9 Å². The van der Waals surface area contributed by atoms with Gasteiger partial charge in [-0.3, -0.25) is 9.36 Å². The largest absolute Gasteiger partial charge is 0.496 e. The second kappa shape index (κ2) is 17.9. The number of aromatic nitrogens is 2. The fourth-order valence-electron chi connectivity index (χ4n) is 8.22. The van der Waals surface area contributed by atoms with E-state index in [9.17, 15) is 32.6 Å². The van der Waals surface area contributed by atoms with Gasteiger partial charge < -0.3 is 39.8 Å². The lowest BCUT2D eigenvalue weighted by Crippen LogP contribution is -2.51. The van der Waals surface area contributed by atoms with Crippen LogP contribution in [0.5, 0.6) is 11.6 Å². The number of carbonyl (C=O) groups is 3. The van der Waals surface area contributed by atoms with Gasteiger partial charge in [0.1, 0.15) is 48.2 Å². The number of fused-ring (bicyclic) bond motifs is 1. The van der Waals surface area contributed by atoms with E-state index in [0.717, 1.165) is 75.3 Å². The summed E-state index contributed by atoms with van der Waals surface area (Å²) >= 11 is 0. The van der Waals surface area contributed by atoms with Gasteiger partial charge in [-0.1, -0.05) is 38.2 Å². The number of rotatable bonds is 18. The van der Waals surface area contributed by atoms with Crippen molar-refractivity contribution >= 4 is 36.6 Å². The average Bonchev–Trinajstić information content (AvgIpc) is 3.45. The zero-order chi connectivity index (χ0) is 40.0. The number of aryl methyl sites for hydroxylation is 1. The predicted octanol–water partition coefficient (Wildman–Crippen LogP) is 6.69. The molecule has 13 nitrogen and oxygen atoms in total. The first-order valence-corrected chi connectivity index (χ1v) is 21.4. The molecule has 6 rings (SSSR count). The number of benzene rings is 2. The second-order valence-corrected chi connectivity index (χ2v) is 18.0. The Morgan fingerprint density at radius 2 is 1.80 bits per heavy atom. The Bertz CT molecular complexity index is 1930. The first-order valence-electron chi connectivity index (χ1n) is 19.6. The Morgan fingerprint density at radius 3 is 2.52 bits per heavy atom. The molecule has 2 aliphatic carbocycles. The summed E-state index contributed by atoms with van der Waals surface area (Å²) in [5.74, 6) is -1.32. The highest BCUT2D eigenvalue weighted by molar-refractivity contribution is 7.59. The molecular weight excluding hydrogens is 747 g/mol. The lowest BCUT2D eigenvalue weighted by atomic mass is 10.0. The summed E-state index contributed by atoms with van der Waals surface area (Å²) in [7, 11) is -2.50. The van der Waals surface area contributed by atoms with Gasteiger partial charge in [0.25, 0.3) is 0 Å². The number of hydrogen-bond donors (Lipinski definition) is 3. The molecule has 2 heterocycles. The molecule has 2 saturated carbocycles. The van der Waals surface area contributed by atoms with Crippen LogP contribution in [-0.2, 0) is 25.1 Å². The topological polar surface area (TPSA) is 183 Å². The maximum absolute atomic E-state index is 14.2. The minimum atomic E-state index is -4.08. The zero-order valence-corrected chi connectivity index (χ0v) is 32.9. The highest BCUT2D eigenvalue weighted by atomic mass is 31.2. The molecule has 0 radical (unpaired) electrons. The van der Waals surface area contributed by atoms with Gasteiger partial charge in [-0.15, -0.1) is 0 Å². The number of alkyl carbamates (subject to hydrolysis) is 1. The molecule has 3 fully saturated rings. The molecule has 16 heteroatoms. The number of unbranched alkanes of at least 4 members (excludes halogenated alkanes) is 4. The molecular formula is C40H52F2N5O8P.